The van der Waals surface area contributed by atoms with Crippen molar-refractivity contribution in [2.45, 2.75) is 12.2 Å². The summed E-state index contributed by atoms with van der Waals surface area (Å²) in [5, 5.41) is 12.1. The normalized spacial score (nSPS) is 13.0. The number of nitrogens with one attached hydrogen (secondary N) is 1. The number of alkyl halides is 3. The largest absolute Gasteiger partial charge is 0.416 e. The molecule has 0 fully saturated rings. The van der Waals surface area contributed by atoms with Gasteiger partial charge in [-0.2, -0.15) is 13.2 Å². The molecule has 21 heavy (non-hydrogen) atoms. The first-order chi connectivity index (χ1) is 9.91. The number of rotatable bonds is 4. The van der Waals surface area contributed by atoms with Crippen LogP contribution >= 0.6 is 0 Å². The van der Waals surface area contributed by atoms with Crippen molar-refractivity contribution in [2.75, 3.05) is 11.9 Å². The number of hydrogen-bond donors (Lipinski definition) is 2. The lowest BCUT2D eigenvalue weighted by atomic mass is 10.00. The van der Waals surface area contributed by atoms with Crippen molar-refractivity contribution in [1.82, 2.24) is 0 Å². The van der Waals surface area contributed by atoms with Gasteiger partial charge in [0, 0.05) is 5.69 Å². The summed E-state index contributed by atoms with van der Waals surface area (Å²) in [4.78, 5) is 0. The van der Waals surface area contributed by atoms with E-state index < -0.39 is 30.2 Å². The van der Waals surface area contributed by atoms with Crippen LogP contribution in [0, 0.1) is 5.82 Å². The van der Waals surface area contributed by atoms with Crippen LogP contribution in [0.4, 0.5) is 23.2 Å². The van der Waals surface area contributed by atoms with E-state index in [1.54, 1.807) is 0 Å². The van der Waals surface area contributed by atoms with Crippen molar-refractivity contribution in [3.8, 4) is 0 Å². The molecule has 0 aliphatic heterocycles. The predicted octanol–water partition coefficient (Wildman–Crippen LogP) is 3.99. The third-order valence-corrected chi connectivity index (χ3v) is 2.99. The van der Waals surface area contributed by atoms with E-state index in [0.29, 0.717) is 5.69 Å². The molecule has 1 atom stereocenters. The number of hydrogen-bond acceptors (Lipinski definition) is 2. The van der Waals surface area contributed by atoms with E-state index in [9.17, 15) is 22.7 Å². The Labute approximate surface area is 119 Å². The highest BCUT2D eigenvalue weighted by Gasteiger charge is 2.34. The van der Waals surface area contributed by atoms with E-state index in [0.717, 1.165) is 12.1 Å². The lowest BCUT2D eigenvalue weighted by Gasteiger charge is -2.22. The summed E-state index contributed by atoms with van der Waals surface area (Å²) in [6, 6.07) is 9.32. The Morgan fingerprint density at radius 2 is 1.76 bits per heavy atom. The molecule has 2 rings (SSSR count). The standard InChI is InChI=1S/C15H13F4NO/c16-10-4-3-5-11(8-10)20-14(9-21)12-6-1-2-7-13(12)15(17,18)19/h1-8,14,20-21H,9H2. The van der Waals surface area contributed by atoms with Gasteiger partial charge in [-0.25, -0.2) is 4.39 Å². The van der Waals surface area contributed by atoms with Crippen molar-refractivity contribution in [3.05, 3.63) is 65.5 Å². The molecule has 0 radical (unpaired) electrons. The van der Waals surface area contributed by atoms with E-state index in [1.807, 2.05) is 0 Å². The maximum atomic E-state index is 13.1. The van der Waals surface area contributed by atoms with Crippen LogP contribution in [0.15, 0.2) is 48.5 Å². The molecule has 2 nitrogen and oxygen atoms in total. The average molecular weight is 299 g/mol. The van der Waals surface area contributed by atoms with Crippen LogP contribution < -0.4 is 5.32 Å². The molecule has 1 unspecified atom stereocenters. The second-order valence-electron chi connectivity index (χ2n) is 4.47. The maximum Gasteiger partial charge on any atom is 0.416 e. The zero-order valence-electron chi connectivity index (χ0n) is 10.9. The zero-order valence-corrected chi connectivity index (χ0v) is 10.9. The zero-order chi connectivity index (χ0) is 15.5. The van der Waals surface area contributed by atoms with Crippen LogP contribution in [-0.2, 0) is 6.18 Å². The van der Waals surface area contributed by atoms with Crippen molar-refractivity contribution in [3.63, 3.8) is 0 Å². The van der Waals surface area contributed by atoms with Crippen molar-refractivity contribution >= 4 is 5.69 Å². The van der Waals surface area contributed by atoms with Crippen LogP contribution in [0.5, 0.6) is 0 Å². The third-order valence-electron chi connectivity index (χ3n) is 2.99. The molecule has 2 aromatic rings. The number of aliphatic hydroxyl groups is 1. The molecule has 6 heteroatoms. The summed E-state index contributed by atoms with van der Waals surface area (Å²) in [6.45, 7) is -0.552. The first-order valence-corrected chi connectivity index (χ1v) is 6.21. The topological polar surface area (TPSA) is 32.3 Å². The van der Waals surface area contributed by atoms with E-state index >= 15 is 0 Å². The van der Waals surface area contributed by atoms with E-state index in [2.05, 4.69) is 5.32 Å². The Morgan fingerprint density at radius 3 is 2.38 bits per heavy atom. The highest BCUT2D eigenvalue weighted by Crippen LogP contribution is 2.35. The Kier molecular flexibility index (Phi) is 4.47. The molecule has 2 N–H and O–H groups in total. The lowest BCUT2D eigenvalue weighted by molar-refractivity contribution is -0.138. The van der Waals surface area contributed by atoms with Crippen molar-refractivity contribution < 1.29 is 22.7 Å². The van der Waals surface area contributed by atoms with Crippen molar-refractivity contribution in [2.24, 2.45) is 0 Å². The maximum absolute atomic E-state index is 13.1. The molecule has 0 heterocycles. The van der Waals surface area contributed by atoms with Gasteiger partial charge in [0.1, 0.15) is 5.82 Å². The first-order valence-electron chi connectivity index (χ1n) is 6.21. The molecular formula is C15H13F4NO. The van der Waals surface area contributed by atoms with Gasteiger partial charge in [0.25, 0.3) is 0 Å². The van der Waals surface area contributed by atoms with E-state index in [1.165, 1.54) is 36.4 Å². The average Bonchev–Trinajstić information content (AvgIpc) is 2.44. The third kappa shape index (κ3) is 3.72. The molecule has 2 aromatic carbocycles. The minimum atomic E-state index is -4.52. The van der Waals surface area contributed by atoms with Gasteiger partial charge < -0.3 is 10.4 Å². The monoisotopic (exact) mass is 299 g/mol. The summed E-state index contributed by atoms with van der Waals surface area (Å²) in [6.07, 6.45) is -4.52. The molecule has 0 spiro atoms. The molecular weight excluding hydrogens is 286 g/mol. The highest BCUT2D eigenvalue weighted by molar-refractivity contribution is 5.47. The molecule has 0 bridgehead atoms. The van der Waals surface area contributed by atoms with Gasteiger partial charge >= 0.3 is 6.18 Å². The summed E-state index contributed by atoms with van der Waals surface area (Å²) >= 11 is 0. The van der Waals surface area contributed by atoms with Gasteiger partial charge in [-0.05, 0) is 29.8 Å². The summed E-state index contributed by atoms with van der Waals surface area (Å²) in [5.41, 5.74) is -0.615. The minimum Gasteiger partial charge on any atom is -0.394 e. The molecule has 0 amide bonds. The first kappa shape index (κ1) is 15.3. The number of halogens is 4. The number of anilines is 1. The van der Waals surface area contributed by atoms with Gasteiger partial charge in [0.15, 0.2) is 0 Å². The number of aliphatic hydroxyl groups excluding tert-OH is 1. The quantitative estimate of drug-likeness (QED) is 0.837. The number of benzene rings is 2. The van der Waals surface area contributed by atoms with Crippen LogP contribution in [0.2, 0.25) is 0 Å². The second kappa shape index (κ2) is 6.13. The fourth-order valence-electron chi connectivity index (χ4n) is 2.06. The molecule has 0 aromatic heterocycles. The summed E-state index contributed by atoms with van der Waals surface area (Å²) < 4.78 is 52.0. The van der Waals surface area contributed by atoms with Gasteiger partial charge in [-0.15, -0.1) is 0 Å². The van der Waals surface area contributed by atoms with Crippen molar-refractivity contribution in [1.29, 1.82) is 0 Å². The molecule has 0 saturated heterocycles. The van der Waals surface area contributed by atoms with E-state index in [-0.39, 0.29) is 5.56 Å². The molecule has 112 valence electrons. The fraction of sp³-hybridized carbons (Fsp3) is 0.200. The molecule has 0 saturated carbocycles. The Bertz CT molecular complexity index is 613. The SMILES string of the molecule is OCC(Nc1cccc(F)c1)c1ccccc1C(F)(F)F. The smallest absolute Gasteiger partial charge is 0.394 e. The van der Waals surface area contributed by atoms with E-state index in [4.69, 9.17) is 0 Å². The molecule has 0 aliphatic carbocycles. The van der Waals surface area contributed by atoms with Gasteiger partial charge in [0.2, 0.25) is 0 Å². The minimum absolute atomic E-state index is 0.0863. The fourth-order valence-corrected chi connectivity index (χ4v) is 2.06. The Morgan fingerprint density at radius 1 is 1.05 bits per heavy atom. The van der Waals surface area contributed by atoms with Gasteiger partial charge in [-0.1, -0.05) is 24.3 Å². The predicted molar refractivity (Wildman–Crippen MR) is 71.3 cm³/mol. The second-order valence-corrected chi connectivity index (χ2v) is 4.47. The molecule has 0 aliphatic rings. The van der Waals surface area contributed by atoms with Gasteiger partial charge in [0.05, 0.1) is 18.2 Å². The van der Waals surface area contributed by atoms with Crippen LogP contribution in [-0.4, -0.2) is 11.7 Å². The summed E-state index contributed by atoms with van der Waals surface area (Å²) in [5.74, 6) is -0.513. The van der Waals surface area contributed by atoms with Crippen LogP contribution in [0.25, 0.3) is 0 Å². The van der Waals surface area contributed by atoms with Crippen LogP contribution in [0.3, 0.4) is 0 Å². The van der Waals surface area contributed by atoms with Gasteiger partial charge in [-0.3, -0.25) is 0 Å². The Balaban J connectivity index is 2.34. The highest BCUT2D eigenvalue weighted by atomic mass is 19.4. The van der Waals surface area contributed by atoms with Crippen LogP contribution in [0.1, 0.15) is 17.2 Å². The lowest BCUT2D eigenvalue weighted by Crippen LogP contribution is -2.20. The Hall–Kier alpha value is -2.08. The summed E-state index contributed by atoms with van der Waals surface area (Å²) in [7, 11) is 0.